The zero-order valence-electron chi connectivity index (χ0n) is 23.1. The molecule has 0 fully saturated rings. The van der Waals surface area contributed by atoms with Crippen molar-refractivity contribution in [1.82, 2.24) is 4.90 Å². The molecule has 6 heteroatoms. The zero-order valence-corrected chi connectivity index (χ0v) is 23.1. The molecule has 0 saturated heterocycles. The van der Waals surface area contributed by atoms with Crippen molar-refractivity contribution in [2.24, 2.45) is 11.8 Å². The molecule has 0 bridgehead atoms. The lowest BCUT2D eigenvalue weighted by Crippen LogP contribution is -2.32. The number of esters is 1. The number of hydrogen-bond acceptors (Lipinski definition) is 6. The van der Waals surface area contributed by atoms with Crippen molar-refractivity contribution in [2.75, 3.05) is 47.6 Å². The minimum atomic E-state index is -0.522. The molecule has 0 N–H and O–H groups in total. The summed E-state index contributed by atoms with van der Waals surface area (Å²) in [5.41, 5.74) is 2.87. The highest BCUT2D eigenvalue weighted by Crippen LogP contribution is 2.38. The van der Waals surface area contributed by atoms with Gasteiger partial charge in [0.25, 0.3) is 0 Å². The van der Waals surface area contributed by atoms with Crippen LogP contribution in [0, 0.1) is 23.2 Å². The first-order valence-electron chi connectivity index (χ1n) is 12.7. The van der Waals surface area contributed by atoms with Crippen LogP contribution in [0.2, 0.25) is 0 Å². The van der Waals surface area contributed by atoms with Crippen LogP contribution in [-0.2, 0) is 26.1 Å². The third-order valence-electron chi connectivity index (χ3n) is 6.80. The van der Waals surface area contributed by atoms with Gasteiger partial charge >= 0.3 is 5.97 Å². The molecule has 0 spiro atoms. The number of methoxy groups -OCH3 is 2. The van der Waals surface area contributed by atoms with Crippen LogP contribution >= 0.6 is 0 Å². The van der Waals surface area contributed by atoms with E-state index in [1.165, 1.54) is 5.57 Å². The zero-order chi connectivity index (χ0) is 26.4. The van der Waals surface area contributed by atoms with E-state index in [0.29, 0.717) is 6.61 Å². The van der Waals surface area contributed by atoms with Gasteiger partial charge in [0, 0.05) is 13.7 Å². The number of carbonyl (C=O) groups is 1. The van der Waals surface area contributed by atoms with Crippen LogP contribution in [0.15, 0.2) is 29.8 Å². The number of hydrogen-bond donors (Lipinski definition) is 0. The molecular formula is C29H46N2O4. The van der Waals surface area contributed by atoms with Crippen molar-refractivity contribution in [1.29, 1.82) is 5.26 Å². The van der Waals surface area contributed by atoms with Crippen LogP contribution in [-0.4, -0.2) is 58.4 Å². The van der Waals surface area contributed by atoms with Crippen molar-refractivity contribution in [2.45, 2.75) is 65.7 Å². The molecule has 1 aromatic carbocycles. The quantitative estimate of drug-likeness (QED) is 0.173. The molecule has 196 valence electrons. The number of nitriles is 1. The monoisotopic (exact) mass is 486 g/mol. The SMILES string of the molecule is CCc1cc(C(C#N)(CCCN(C)CC/C(C)=C/C(C)C(=O)OCCOC)C(C)C)ccc1OC. The molecule has 0 amide bonds. The van der Waals surface area contributed by atoms with Gasteiger partial charge in [0.1, 0.15) is 12.4 Å². The number of nitrogens with zero attached hydrogens (tertiary/aromatic N) is 2. The average Bonchev–Trinajstić information content (AvgIpc) is 2.84. The second-order valence-corrected chi connectivity index (χ2v) is 9.74. The summed E-state index contributed by atoms with van der Waals surface area (Å²) < 4.78 is 15.6. The number of benzene rings is 1. The summed E-state index contributed by atoms with van der Waals surface area (Å²) in [5.74, 6) is 0.594. The molecule has 0 heterocycles. The van der Waals surface area contributed by atoms with Crippen LogP contribution in [0.4, 0.5) is 0 Å². The predicted octanol–water partition coefficient (Wildman–Crippen LogP) is 5.55. The van der Waals surface area contributed by atoms with Gasteiger partial charge in [-0.15, -0.1) is 0 Å². The van der Waals surface area contributed by atoms with Crippen LogP contribution in [0.1, 0.15) is 65.0 Å². The fraction of sp³-hybridized carbons (Fsp3) is 0.655. The Labute approximate surface area is 213 Å². The van der Waals surface area contributed by atoms with Gasteiger partial charge in [-0.05, 0) is 76.2 Å². The van der Waals surface area contributed by atoms with E-state index in [2.05, 4.69) is 57.8 Å². The first kappa shape index (κ1) is 30.7. The van der Waals surface area contributed by atoms with Gasteiger partial charge in [0.15, 0.2) is 0 Å². The minimum Gasteiger partial charge on any atom is -0.496 e. The summed E-state index contributed by atoms with van der Waals surface area (Å²) in [5, 5.41) is 10.3. The van der Waals surface area contributed by atoms with Crippen molar-refractivity contribution >= 4 is 5.97 Å². The maximum atomic E-state index is 12.0. The van der Waals surface area contributed by atoms with Crippen LogP contribution in [0.25, 0.3) is 0 Å². The molecule has 35 heavy (non-hydrogen) atoms. The summed E-state index contributed by atoms with van der Waals surface area (Å²) in [6, 6.07) is 8.88. The van der Waals surface area contributed by atoms with E-state index < -0.39 is 5.41 Å². The highest BCUT2D eigenvalue weighted by atomic mass is 16.6. The van der Waals surface area contributed by atoms with Crippen molar-refractivity contribution in [3.63, 3.8) is 0 Å². The van der Waals surface area contributed by atoms with Gasteiger partial charge in [0.2, 0.25) is 0 Å². The molecule has 1 aromatic rings. The number of rotatable bonds is 16. The van der Waals surface area contributed by atoms with Crippen LogP contribution < -0.4 is 4.74 Å². The van der Waals surface area contributed by atoms with E-state index in [-0.39, 0.29) is 24.4 Å². The molecule has 0 aromatic heterocycles. The first-order valence-corrected chi connectivity index (χ1v) is 12.7. The molecule has 2 atom stereocenters. The Balaban J connectivity index is 2.69. The van der Waals surface area contributed by atoms with Crippen molar-refractivity contribution < 1.29 is 19.0 Å². The third-order valence-corrected chi connectivity index (χ3v) is 6.80. The first-order chi connectivity index (χ1) is 16.6. The number of aryl methyl sites for hydroxylation is 1. The normalized spacial score (nSPS) is 14.5. The fourth-order valence-electron chi connectivity index (χ4n) is 4.39. The second-order valence-electron chi connectivity index (χ2n) is 9.74. The summed E-state index contributed by atoms with van der Waals surface area (Å²) in [4.78, 5) is 14.3. The molecule has 0 aliphatic carbocycles. The maximum Gasteiger partial charge on any atom is 0.312 e. The van der Waals surface area contributed by atoms with Gasteiger partial charge in [0.05, 0.1) is 31.1 Å². The molecule has 2 unspecified atom stereocenters. The predicted molar refractivity (Wildman–Crippen MR) is 142 cm³/mol. The Morgan fingerprint density at radius 3 is 2.49 bits per heavy atom. The lowest BCUT2D eigenvalue weighted by Gasteiger charge is -2.32. The molecule has 0 saturated carbocycles. The molecular weight excluding hydrogens is 440 g/mol. The highest BCUT2D eigenvalue weighted by Gasteiger charge is 2.36. The Morgan fingerprint density at radius 2 is 1.91 bits per heavy atom. The molecule has 0 aliphatic rings. The maximum absolute atomic E-state index is 12.0. The highest BCUT2D eigenvalue weighted by molar-refractivity contribution is 5.74. The van der Waals surface area contributed by atoms with E-state index in [0.717, 1.165) is 55.6 Å². The minimum absolute atomic E-state index is 0.200. The fourth-order valence-corrected chi connectivity index (χ4v) is 4.39. The van der Waals surface area contributed by atoms with Gasteiger partial charge in [-0.25, -0.2) is 0 Å². The van der Waals surface area contributed by atoms with E-state index >= 15 is 0 Å². The lowest BCUT2D eigenvalue weighted by atomic mass is 9.69. The van der Waals surface area contributed by atoms with Crippen LogP contribution in [0.5, 0.6) is 5.75 Å². The summed E-state index contributed by atoms with van der Waals surface area (Å²) in [6.45, 7) is 12.8. The van der Waals surface area contributed by atoms with Crippen LogP contribution in [0.3, 0.4) is 0 Å². The number of ether oxygens (including phenoxy) is 3. The molecule has 6 nitrogen and oxygen atoms in total. The van der Waals surface area contributed by atoms with Gasteiger partial charge in [-0.3, -0.25) is 4.79 Å². The summed E-state index contributed by atoms with van der Waals surface area (Å²) >= 11 is 0. The summed E-state index contributed by atoms with van der Waals surface area (Å²) in [6.07, 6.45) is 5.48. The lowest BCUT2D eigenvalue weighted by molar-refractivity contribution is -0.147. The Hall–Kier alpha value is -2.36. The Kier molecular flexibility index (Phi) is 13.7. The van der Waals surface area contributed by atoms with E-state index in [9.17, 15) is 10.1 Å². The van der Waals surface area contributed by atoms with Gasteiger partial charge in [-0.2, -0.15) is 5.26 Å². The largest absolute Gasteiger partial charge is 0.496 e. The molecule has 0 radical (unpaired) electrons. The van der Waals surface area contributed by atoms with E-state index in [1.807, 2.05) is 19.1 Å². The van der Waals surface area contributed by atoms with E-state index in [4.69, 9.17) is 14.2 Å². The smallest absolute Gasteiger partial charge is 0.312 e. The topological polar surface area (TPSA) is 71.8 Å². The third kappa shape index (κ3) is 9.31. The number of carbonyl (C=O) groups excluding carboxylic acids is 1. The average molecular weight is 487 g/mol. The van der Waals surface area contributed by atoms with Gasteiger partial charge in [-0.1, -0.05) is 44.6 Å². The Morgan fingerprint density at radius 1 is 1.20 bits per heavy atom. The molecule has 1 rings (SSSR count). The summed E-state index contributed by atoms with van der Waals surface area (Å²) in [7, 11) is 5.39. The van der Waals surface area contributed by atoms with Gasteiger partial charge < -0.3 is 19.1 Å². The standard InChI is InChI=1S/C29H46N2O4/c1-9-25-20-26(11-12-27(25)34-8)29(21-30,22(2)3)14-10-15-31(6)16-13-23(4)19-24(5)28(32)35-18-17-33-7/h11-12,19-20,22,24H,9-10,13-18H2,1-8H3/b23-19+. The molecule has 0 aliphatic heterocycles. The second kappa shape index (κ2) is 15.6. The van der Waals surface area contributed by atoms with Crippen molar-refractivity contribution in [3.05, 3.63) is 41.0 Å². The Bertz CT molecular complexity index is 859. The van der Waals surface area contributed by atoms with E-state index in [1.54, 1.807) is 14.2 Å². The van der Waals surface area contributed by atoms with Crippen molar-refractivity contribution in [3.8, 4) is 11.8 Å².